The first-order valence-corrected chi connectivity index (χ1v) is 12.8. The number of rotatable bonds is 8. The Balaban J connectivity index is 1.64. The van der Waals surface area contributed by atoms with Gasteiger partial charge in [0.2, 0.25) is 0 Å². The molecule has 1 N–H and O–H groups in total. The number of carbonyl (C=O) groups excluding carboxylic acids is 3. The van der Waals surface area contributed by atoms with E-state index in [0.717, 1.165) is 9.37 Å². The molecule has 12 heteroatoms. The van der Waals surface area contributed by atoms with Crippen molar-refractivity contribution in [3.05, 3.63) is 96.4 Å². The second kappa shape index (κ2) is 11.6. The topological polar surface area (TPSA) is 128 Å². The summed E-state index contributed by atoms with van der Waals surface area (Å²) in [7, 11) is 0. The smallest absolute Gasteiger partial charge is 0.335 e. The normalized spacial score (nSPS) is 14.4. The number of hydrogen-bond donors (Lipinski definition) is 1. The summed E-state index contributed by atoms with van der Waals surface area (Å²) in [4.78, 5) is 49.7. The minimum absolute atomic E-state index is 0.0415. The van der Waals surface area contributed by atoms with Gasteiger partial charge in [0, 0.05) is 21.1 Å². The lowest BCUT2D eigenvalue weighted by atomic mass is 10.1. The minimum atomic E-state index is -0.849. The summed E-state index contributed by atoms with van der Waals surface area (Å²) in [6.45, 7) is 2.13. The number of carbonyl (C=O) groups is 3. The molecule has 0 saturated carbocycles. The summed E-state index contributed by atoms with van der Waals surface area (Å²) in [5.74, 6) is -0.933. The highest BCUT2D eigenvalue weighted by molar-refractivity contribution is 9.10. The molecule has 3 aromatic carbocycles. The molecule has 0 bridgehead atoms. The molecule has 0 unspecified atom stereocenters. The number of nitro benzene ring substituents is 1. The van der Waals surface area contributed by atoms with Crippen molar-refractivity contribution in [1.82, 2.24) is 5.32 Å². The molecular formula is C26H19Br2N3O7. The fourth-order valence-electron chi connectivity index (χ4n) is 3.60. The van der Waals surface area contributed by atoms with Crippen molar-refractivity contribution in [2.45, 2.75) is 13.5 Å². The highest BCUT2D eigenvalue weighted by atomic mass is 79.9. The van der Waals surface area contributed by atoms with E-state index in [9.17, 15) is 24.5 Å². The molecule has 0 aliphatic carbocycles. The summed E-state index contributed by atoms with van der Waals surface area (Å²) in [5, 5.41) is 13.2. The molecule has 1 saturated heterocycles. The third kappa shape index (κ3) is 5.92. The number of nitro groups is 1. The van der Waals surface area contributed by atoms with E-state index in [1.54, 1.807) is 55.5 Å². The van der Waals surface area contributed by atoms with Gasteiger partial charge >= 0.3 is 6.03 Å². The van der Waals surface area contributed by atoms with Crippen molar-refractivity contribution in [1.29, 1.82) is 0 Å². The van der Waals surface area contributed by atoms with Gasteiger partial charge in [-0.25, -0.2) is 9.69 Å². The zero-order valence-corrected chi connectivity index (χ0v) is 22.9. The summed E-state index contributed by atoms with van der Waals surface area (Å²) < 4.78 is 12.8. The van der Waals surface area contributed by atoms with Crippen LogP contribution in [0.2, 0.25) is 0 Å². The van der Waals surface area contributed by atoms with Crippen LogP contribution in [0.1, 0.15) is 18.1 Å². The molecule has 4 rings (SSSR count). The van der Waals surface area contributed by atoms with Crippen LogP contribution in [0.4, 0.5) is 16.2 Å². The lowest BCUT2D eigenvalue weighted by Crippen LogP contribution is -2.54. The number of nitrogens with zero attached hydrogens (tertiary/aromatic N) is 2. The van der Waals surface area contributed by atoms with E-state index >= 15 is 0 Å². The number of benzene rings is 3. The largest absolute Gasteiger partial charge is 0.490 e. The first-order chi connectivity index (χ1) is 18.2. The second-order valence-corrected chi connectivity index (χ2v) is 9.67. The standard InChI is InChI=1S/C26H19Br2N3O7/c1-2-37-22-12-16(21(28)13-23(22)38-14-15-4-3-5-19(10-15)31(35)36)11-20-24(32)29-26(34)30(25(20)33)18-8-6-17(27)7-9-18/h3-13H,2,14H2,1H3,(H,29,32,34)/b20-11+. The van der Waals surface area contributed by atoms with E-state index < -0.39 is 22.8 Å². The molecular weight excluding hydrogens is 626 g/mol. The highest BCUT2D eigenvalue weighted by Gasteiger charge is 2.37. The molecule has 0 radical (unpaired) electrons. The maximum atomic E-state index is 13.2. The summed E-state index contributed by atoms with van der Waals surface area (Å²) in [6, 6.07) is 14.9. The SMILES string of the molecule is CCOc1cc(/C=C2\C(=O)NC(=O)N(c3ccc(Br)cc3)C2=O)c(Br)cc1OCc1cccc([N+](=O)[O-])c1. The van der Waals surface area contributed by atoms with Crippen molar-refractivity contribution in [2.75, 3.05) is 11.5 Å². The molecule has 1 heterocycles. The third-order valence-electron chi connectivity index (χ3n) is 5.36. The van der Waals surface area contributed by atoms with Crippen molar-refractivity contribution in [3.8, 4) is 11.5 Å². The van der Waals surface area contributed by atoms with Gasteiger partial charge in [0.05, 0.1) is 17.2 Å². The summed E-state index contributed by atoms with van der Waals surface area (Å²) >= 11 is 6.75. The Hall–Kier alpha value is -4.03. The quantitative estimate of drug-likeness (QED) is 0.143. The Morgan fingerprint density at radius 2 is 1.71 bits per heavy atom. The number of halogens is 2. The van der Waals surface area contributed by atoms with Crippen molar-refractivity contribution in [3.63, 3.8) is 0 Å². The number of ether oxygens (including phenoxy) is 2. The van der Waals surface area contributed by atoms with Gasteiger partial charge in [0.15, 0.2) is 11.5 Å². The molecule has 1 aliphatic rings. The Labute approximate surface area is 233 Å². The summed E-state index contributed by atoms with van der Waals surface area (Å²) in [6.07, 6.45) is 1.35. The van der Waals surface area contributed by atoms with E-state index in [-0.39, 0.29) is 17.9 Å². The van der Waals surface area contributed by atoms with Crippen LogP contribution in [0, 0.1) is 10.1 Å². The lowest BCUT2D eigenvalue weighted by molar-refractivity contribution is -0.384. The monoisotopic (exact) mass is 643 g/mol. The Morgan fingerprint density at radius 3 is 2.39 bits per heavy atom. The molecule has 10 nitrogen and oxygen atoms in total. The zero-order valence-electron chi connectivity index (χ0n) is 19.8. The van der Waals surface area contributed by atoms with Crippen LogP contribution < -0.4 is 19.7 Å². The second-order valence-electron chi connectivity index (χ2n) is 7.90. The summed E-state index contributed by atoms with van der Waals surface area (Å²) in [5.41, 5.74) is 1.02. The number of urea groups is 1. The van der Waals surface area contributed by atoms with Crippen LogP contribution in [0.5, 0.6) is 11.5 Å². The van der Waals surface area contributed by atoms with Gasteiger partial charge in [-0.1, -0.05) is 44.0 Å². The Morgan fingerprint density at radius 1 is 1.00 bits per heavy atom. The van der Waals surface area contributed by atoms with E-state index in [4.69, 9.17) is 9.47 Å². The predicted octanol–water partition coefficient (Wildman–Crippen LogP) is 5.76. The average molecular weight is 645 g/mol. The van der Waals surface area contributed by atoms with Crippen LogP contribution in [0.3, 0.4) is 0 Å². The average Bonchev–Trinajstić information content (AvgIpc) is 2.88. The van der Waals surface area contributed by atoms with Gasteiger partial charge in [0.1, 0.15) is 12.2 Å². The number of imide groups is 2. The third-order valence-corrected chi connectivity index (χ3v) is 6.58. The molecule has 194 valence electrons. The molecule has 0 aromatic heterocycles. The number of nitrogens with one attached hydrogen (secondary N) is 1. The number of amides is 4. The van der Waals surface area contributed by atoms with Crippen LogP contribution in [-0.2, 0) is 16.2 Å². The maximum Gasteiger partial charge on any atom is 0.335 e. The van der Waals surface area contributed by atoms with E-state index in [1.165, 1.54) is 18.2 Å². The van der Waals surface area contributed by atoms with E-state index in [0.29, 0.717) is 39.4 Å². The fourth-order valence-corrected chi connectivity index (χ4v) is 4.30. The highest BCUT2D eigenvalue weighted by Crippen LogP contribution is 2.36. The zero-order chi connectivity index (χ0) is 27.4. The van der Waals surface area contributed by atoms with Gasteiger partial charge in [-0.15, -0.1) is 0 Å². The van der Waals surface area contributed by atoms with Crippen LogP contribution in [-0.4, -0.2) is 29.4 Å². The van der Waals surface area contributed by atoms with Gasteiger partial charge in [-0.2, -0.15) is 0 Å². The first kappa shape index (κ1) is 27.0. The molecule has 0 spiro atoms. The molecule has 4 amide bonds. The Kier molecular flexibility index (Phi) is 8.23. The number of barbiturate groups is 1. The van der Waals surface area contributed by atoms with Gasteiger partial charge in [-0.05, 0) is 60.5 Å². The van der Waals surface area contributed by atoms with Crippen molar-refractivity contribution >= 4 is 67.2 Å². The van der Waals surface area contributed by atoms with Crippen LogP contribution in [0.15, 0.2) is 75.2 Å². The van der Waals surface area contributed by atoms with E-state index in [1.807, 2.05) is 0 Å². The predicted molar refractivity (Wildman–Crippen MR) is 146 cm³/mol. The molecule has 1 aliphatic heterocycles. The number of non-ortho nitro benzene ring substituents is 1. The fraction of sp³-hybridized carbons (Fsp3) is 0.115. The van der Waals surface area contributed by atoms with Crippen LogP contribution >= 0.6 is 31.9 Å². The van der Waals surface area contributed by atoms with Crippen LogP contribution in [0.25, 0.3) is 6.08 Å². The first-order valence-electron chi connectivity index (χ1n) is 11.2. The minimum Gasteiger partial charge on any atom is -0.490 e. The van der Waals surface area contributed by atoms with Gasteiger partial charge in [-0.3, -0.25) is 25.0 Å². The van der Waals surface area contributed by atoms with Gasteiger partial charge < -0.3 is 9.47 Å². The molecule has 38 heavy (non-hydrogen) atoms. The lowest BCUT2D eigenvalue weighted by Gasteiger charge is -2.26. The maximum absolute atomic E-state index is 13.2. The molecule has 0 atom stereocenters. The number of anilines is 1. The molecule has 1 fully saturated rings. The van der Waals surface area contributed by atoms with Gasteiger partial charge in [0.25, 0.3) is 17.5 Å². The number of hydrogen-bond acceptors (Lipinski definition) is 7. The molecule has 3 aromatic rings. The van der Waals surface area contributed by atoms with Crippen molar-refractivity contribution < 1.29 is 28.8 Å². The van der Waals surface area contributed by atoms with Crippen molar-refractivity contribution in [2.24, 2.45) is 0 Å². The Bertz CT molecular complexity index is 1470. The van der Waals surface area contributed by atoms with E-state index in [2.05, 4.69) is 37.2 Å².